The largest absolute Gasteiger partial charge is 0.347 e. The van der Waals surface area contributed by atoms with Gasteiger partial charge in [-0.05, 0) is 43.4 Å². The highest BCUT2D eigenvalue weighted by Crippen LogP contribution is 2.12. The molecule has 0 aromatic heterocycles. The Labute approximate surface area is 179 Å². The zero-order valence-electron chi connectivity index (χ0n) is 18.2. The van der Waals surface area contributed by atoms with E-state index in [4.69, 9.17) is 16.6 Å². The molecule has 1 amide bonds. The fourth-order valence-electron chi connectivity index (χ4n) is 2.95. The number of hydrogen-bond acceptors (Lipinski definition) is 4. The minimum absolute atomic E-state index is 0.0280. The number of rotatable bonds is 9. The Hall–Kier alpha value is -2.99. The van der Waals surface area contributed by atoms with Crippen LogP contribution in [0.4, 0.5) is 0 Å². The average molecular weight is 408 g/mol. The van der Waals surface area contributed by atoms with Crippen molar-refractivity contribution in [3.8, 4) is 0 Å². The van der Waals surface area contributed by atoms with Crippen LogP contribution in [0.5, 0.6) is 0 Å². The summed E-state index contributed by atoms with van der Waals surface area (Å²) in [4.78, 5) is 13.8. The summed E-state index contributed by atoms with van der Waals surface area (Å²) >= 11 is 0. The number of carbonyl (C=O) groups excluding carboxylic acids is 1. The highest BCUT2D eigenvalue weighted by Gasteiger charge is 2.23. The molecule has 2 aromatic carbocycles. The van der Waals surface area contributed by atoms with Gasteiger partial charge in [0.05, 0.1) is 18.6 Å². The van der Waals surface area contributed by atoms with E-state index in [0.29, 0.717) is 18.8 Å². The molecule has 2 aromatic rings. The zero-order valence-corrected chi connectivity index (χ0v) is 18.2. The van der Waals surface area contributed by atoms with Crippen molar-refractivity contribution in [2.45, 2.75) is 52.1 Å². The van der Waals surface area contributed by atoms with Crippen LogP contribution in [0.25, 0.3) is 0 Å². The van der Waals surface area contributed by atoms with Gasteiger partial charge >= 0.3 is 0 Å². The van der Waals surface area contributed by atoms with Gasteiger partial charge in [-0.3, -0.25) is 15.6 Å². The molecule has 0 bridgehead atoms. The lowest BCUT2D eigenvalue weighted by molar-refractivity contribution is -0.124. The van der Waals surface area contributed by atoms with Crippen molar-refractivity contribution in [1.82, 2.24) is 10.2 Å². The predicted octanol–water partition coefficient (Wildman–Crippen LogP) is 3.49. The Morgan fingerprint density at radius 2 is 1.57 bits per heavy atom. The summed E-state index contributed by atoms with van der Waals surface area (Å²) in [5.41, 5.74) is 8.23. The Kier molecular flexibility index (Phi) is 8.30. The average Bonchev–Trinajstić information content (AvgIpc) is 2.74. The highest BCUT2D eigenvalue weighted by atomic mass is 16.2. The highest BCUT2D eigenvalue weighted by molar-refractivity contribution is 6.00. The molecule has 2 rings (SSSR count). The molecular weight excluding hydrogens is 374 g/mol. The van der Waals surface area contributed by atoms with E-state index in [1.54, 1.807) is 18.7 Å². The summed E-state index contributed by atoms with van der Waals surface area (Å²) < 4.78 is 0. The lowest BCUT2D eigenvalue weighted by Crippen LogP contribution is -2.52. The maximum atomic E-state index is 12.1. The number of nitrogens with two attached hydrogens (primary N) is 1. The first-order valence-electron chi connectivity index (χ1n) is 10.3. The molecule has 0 heterocycles. The van der Waals surface area contributed by atoms with Crippen LogP contribution in [-0.4, -0.2) is 34.6 Å². The molecule has 0 fully saturated rings. The number of nitrogens with zero attached hydrogens (tertiary/aromatic N) is 1. The second-order valence-electron chi connectivity index (χ2n) is 8.04. The molecule has 0 aliphatic heterocycles. The van der Waals surface area contributed by atoms with Gasteiger partial charge in [0.1, 0.15) is 11.7 Å². The fourth-order valence-corrected chi connectivity index (χ4v) is 2.95. The van der Waals surface area contributed by atoms with E-state index in [9.17, 15) is 4.79 Å². The summed E-state index contributed by atoms with van der Waals surface area (Å²) in [6.07, 6.45) is 2.20. The van der Waals surface area contributed by atoms with Crippen molar-refractivity contribution in [2.75, 3.05) is 6.54 Å². The molecular formula is C24H33N5O. The number of amides is 1. The lowest BCUT2D eigenvalue weighted by atomic mass is 10.1. The number of nitrogens with one attached hydrogen (secondary N) is 3. The summed E-state index contributed by atoms with van der Waals surface area (Å²) in [5, 5.41) is 19.8. The van der Waals surface area contributed by atoms with Crippen LogP contribution in [-0.2, 0) is 24.2 Å². The first-order valence-corrected chi connectivity index (χ1v) is 10.3. The van der Waals surface area contributed by atoms with Gasteiger partial charge in [-0.25, -0.2) is 0 Å². The molecule has 0 saturated carbocycles. The molecule has 5 N–H and O–H groups in total. The van der Waals surface area contributed by atoms with E-state index in [1.165, 1.54) is 5.56 Å². The summed E-state index contributed by atoms with van der Waals surface area (Å²) in [7, 11) is 0. The molecule has 0 aliphatic carbocycles. The lowest BCUT2D eigenvalue weighted by Gasteiger charge is -2.27. The van der Waals surface area contributed by atoms with Gasteiger partial charge in [0.2, 0.25) is 5.91 Å². The van der Waals surface area contributed by atoms with Crippen molar-refractivity contribution in [2.24, 2.45) is 5.73 Å². The monoisotopic (exact) mass is 407 g/mol. The maximum absolute atomic E-state index is 12.1. The van der Waals surface area contributed by atoms with Crippen LogP contribution in [0.15, 0.2) is 54.6 Å². The quantitative estimate of drug-likeness (QED) is 0.377. The third-order valence-corrected chi connectivity index (χ3v) is 4.92. The Balaban J connectivity index is 2.10. The topological polar surface area (TPSA) is 106 Å². The second-order valence-corrected chi connectivity index (χ2v) is 8.04. The van der Waals surface area contributed by atoms with Gasteiger partial charge in [-0.2, -0.15) is 0 Å². The molecule has 0 unspecified atom stereocenters. The summed E-state index contributed by atoms with van der Waals surface area (Å²) in [6, 6.07) is 18.2. The predicted molar refractivity (Wildman–Crippen MR) is 123 cm³/mol. The Morgan fingerprint density at radius 3 is 2.13 bits per heavy atom. The first kappa shape index (κ1) is 23.3. The maximum Gasteiger partial charge on any atom is 0.239 e. The van der Waals surface area contributed by atoms with Gasteiger partial charge in [0, 0.05) is 6.42 Å². The Morgan fingerprint density at radius 1 is 0.967 bits per heavy atom. The minimum atomic E-state index is -1.01. The number of benzene rings is 2. The third-order valence-electron chi connectivity index (χ3n) is 4.92. The Bertz CT molecular complexity index is 853. The SMILES string of the molecule is CCc1ccc(CN(C(=N)CCc2ccccc2)C(=N)CNC(=O)C(C)(C)N)cc1. The van der Waals surface area contributed by atoms with Crippen LogP contribution in [0, 0.1) is 10.8 Å². The van der Waals surface area contributed by atoms with Crippen LogP contribution in [0.1, 0.15) is 43.9 Å². The van der Waals surface area contributed by atoms with Crippen molar-refractivity contribution in [1.29, 1.82) is 10.8 Å². The molecule has 0 aliphatic rings. The first-order chi connectivity index (χ1) is 14.2. The van der Waals surface area contributed by atoms with E-state index < -0.39 is 5.54 Å². The van der Waals surface area contributed by atoms with E-state index in [1.807, 2.05) is 42.5 Å². The summed E-state index contributed by atoms with van der Waals surface area (Å²) in [6.45, 7) is 5.80. The van der Waals surface area contributed by atoms with Crippen molar-refractivity contribution < 1.29 is 4.79 Å². The molecule has 30 heavy (non-hydrogen) atoms. The normalized spacial score (nSPS) is 11.1. The van der Waals surface area contributed by atoms with E-state index in [-0.39, 0.29) is 18.3 Å². The van der Waals surface area contributed by atoms with Crippen LogP contribution < -0.4 is 11.1 Å². The van der Waals surface area contributed by atoms with Crippen LogP contribution in [0.3, 0.4) is 0 Å². The standard InChI is InChI=1S/C24H33N5O/c1-4-18-10-12-20(13-11-18)17-29(22(26)16-28-23(30)24(2,3)27)21(25)15-14-19-8-6-5-7-9-19/h5-13,25-26H,4,14-17,27H2,1-3H3,(H,28,30). The van der Waals surface area contributed by atoms with Crippen molar-refractivity contribution >= 4 is 17.6 Å². The number of aryl methyl sites for hydroxylation is 2. The number of amidine groups is 2. The number of hydrogen-bond donors (Lipinski definition) is 4. The smallest absolute Gasteiger partial charge is 0.239 e. The van der Waals surface area contributed by atoms with E-state index in [0.717, 1.165) is 24.0 Å². The van der Waals surface area contributed by atoms with Crippen molar-refractivity contribution in [3.63, 3.8) is 0 Å². The van der Waals surface area contributed by atoms with Crippen LogP contribution >= 0.6 is 0 Å². The molecule has 6 nitrogen and oxygen atoms in total. The van der Waals surface area contributed by atoms with Gasteiger partial charge in [0.15, 0.2) is 0 Å². The molecule has 0 saturated heterocycles. The fraction of sp³-hybridized carbons (Fsp3) is 0.375. The molecule has 160 valence electrons. The third kappa shape index (κ3) is 7.12. The molecule has 0 spiro atoms. The zero-order chi connectivity index (χ0) is 22.1. The van der Waals surface area contributed by atoms with Gasteiger partial charge in [-0.15, -0.1) is 0 Å². The second kappa shape index (κ2) is 10.7. The molecule has 0 atom stereocenters. The van der Waals surface area contributed by atoms with Gasteiger partial charge < -0.3 is 16.0 Å². The van der Waals surface area contributed by atoms with Crippen molar-refractivity contribution in [3.05, 3.63) is 71.3 Å². The van der Waals surface area contributed by atoms with E-state index in [2.05, 4.69) is 24.4 Å². The minimum Gasteiger partial charge on any atom is -0.347 e. The molecule has 0 radical (unpaired) electrons. The van der Waals surface area contributed by atoms with Gasteiger partial charge in [0.25, 0.3) is 0 Å². The molecule has 6 heteroatoms. The number of carbonyl (C=O) groups is 1. The summed E-state index contributed by atoms with van der Waals surface area (Å²) in [5.74, 6) is 0.199. The van der Waals surface area contributed by atoms with Gasteiger partial charge in [-0.1, -0.05) is 61.5 Å². The van der Waals surface area contributed by atoms with E-state index >= 15 is 0 Å². The van der Waals surface area contributed by atoms with Crippen LogP contribution in [0.2, 0.25) is 0 Å².